The molecule has 5 heteroatoms. The molecule has 63 heavy (non-hydrogen) atoms. The van der Waals surface area contributed by atoms with Crippen molar-refractivity contribution in [1.29, 1.82) is 0 Å². The van der Waals surface area contributed by atoms with Gasteiger partial charge in [0.1, 0.15) is 28.7 Å². The lowest BCUT2D eigenvalue weighted by Crippen LogP contribution is -2.03. The van der Waals surface area contributed by atoms with Gasteiger partial charge in [0, 0.05) is 66.2 Å². The monoisotopic (exact) mass is 807 g/mol. The van der Waals surface area contributed by atoms with Gasteiger partial charge in [0.25, 0.3) is 0 Å². The minimum absolute atomic E-state index is 0.820. The lowest BCUT2D eigenvalue weighted by Gasteiger charge is -2.15. The van der Waals surface area contributed by atoms with Crippen LogP contribution in [-0.2, 0) is 0 Å². The van der Waals surface area contributed by atoms with Gasteiger partial charge in [0.2, 0.25) is 0 Å². The Balaban J connectivity index is 1.09. The van der Waals surface area contributed by atoms with E-state index in [9.17, 15) is 0 Å². The minimum atomic E-state index is 0.820. The fourth-order valence-corrected chi connectivity index (χ4v) is 9.67. The molecule has 0 atom stereocenters. The second-order valence-electron chi connectivity index (χ2n) is 16.1. The Kier molecular flexibility index (Phi) is 7.84. The third kappa shape index (κ3) is 5.57. The molecule has 0 saturated heterocycles. The Hall–Kier alpha value is -8.54. The number of rotatable bonds is 7. The molecule has 0 N–H and O–H groups in total. The van der Waals surface area contributed by atoms with E-state index < -0.39 is 0 Å². The lowest BCUT2D eigenvalue weighted by molar-refractivity contribution is 0.597. The third-order valence-electron chi connectivity index (χ3n) is 12.5. The number of aromatic nitrogens is 3. The van der Waals surface area contributed by atoms with E-state index in [4.69, 9.17) is 8.83 Å². The maximum absolute atomic E-state index is 6.58. The van der Waals surface area contributed by atoms with Crippen LogP contribution in [0.1, 0.15) is 0 Å². The number of hydrogen-bond acceptors (Lipinski definition) is 2. The highest BCUT2D eigenvalue weighted by Crippen LogP contribution is 2.44. The summed E-state index contributed by atoms with van der Waals surface area (Å²) in [5.41, 5.74) is 12.9. The predicted molar refractivity (Wildman–Crippen MR) is 258 cm³/mol. The van der Waals surface area contributed by atoms with Crippen molar-refractivity contribution in [3.63, 3.8) is 0 Å². The van der Waals surface area contributed by atoms with Crippen molar-refractivity contribution in [2.45, 2.75) is 0 Å². The van der Waals surface area contributed by atoms with Gasteiger partial charge in [-0.15, -0.1) is 0 Å². The smallest absolute Gasteiger partial charge is 0.134 e. The molecule has 0 aliphatic carbocycles. The van der Waals surface area contributed by atoms with Crippen molar-refractivity contribution < 1.29 is 8.83 Å². The van der Waals surface area contributed by atoms with Crippen LogP contribution in [-0.4, -0.2) is 13.7 Å². The zero-order valence-electron chi connectivity index (χ0n) is 34.0. The topological polar surface area (TPSA) is 41.1 Å². The summed E-state index contributed by atoms with van der Waals surface area (Å²) in [6.45, 7) is 0. The maximum Gasteiger partial charge on any atom is 0.134 e. The molecular formula is C58H37N3O2. The normalized spacial score (nSPS) is 11.8. The first-order valence-corrected chi connectivity index (χ1v) is 21.3. The van der Waals surface area contributed by atoms with E-state index in [1.807, 2.05) is 36.4 Å². The zero-order chi connectivity index (χ0) is 41.4. The van der Waals surface area contributed by atoms with Crippen LogP contribution in [0.2, 0.25) is 0 Å². The molecule has 0 amide bonds. The number of nitrogens with zero attached hydrogens (tertiary/aromatic N) is 3. The molecule has 0 radical (unpaired) electrons. The predicted octanol–water partition coefficient (Wildman–Crippen LogP) is 15.7. The summed E-state index contributed by atoms with van der Waals surface area (Å²) in [4.78, 5) is 0. The summed E-state index contributed by atoms with van der Waals surface area (Å²) >= 11 is 0. The molecule has 0 aliphatic rings. The summed E-state index contributed by atoms with van der Waals surface area (Å²) in [5.74, 6) is 3.33. The first-order chi connectivity index (χ1) is 31.2. The summed E-state index contributed by atoms with van der Waals surface area (Å²) in [6.07, 6.45) is 0. The molecule has 5 heterocycles. The van der Waals surface area contributed by atoms with Gasteiger partial charge >= 0.3 is 0 Å². The highest BCUT2D eigenvalue weighted by Gasteiger charge is 2.24. The Labute approximate surface area is 362 Å². The minimum Gasteiger partial charge on any atom is -0.456 e. The molecule has 5 nitrogen and oxygen atoms in total. The number of furan rings is 2. The van der Waals surface area contributed by atoms with Crippen LogP contribution in [0.4, 0.5) is 0 Å². The summed E-state index contributed by atoms with van der Waals surface area (Å²) in [6, 6.07) is 79.4. The van der Waals surface area contributed by atoms with Gasteiger partial charge in [-0.2, -0.15) is 0 Å². The van der Waals surface area contributed by atoms with Crippen LogP contribution in [0.25, 0.3) is 117 Å². The van der Waals surface area contributed by atoms with Crippen LogP contribution < -0.4 is 0 Å². The van der Waals surface area contributed by atoms with E-state index in [2.05, 4.69) is 202 Å². The molecule has 0 spiro atoms. The number of fused-ring (bicyclic) bond motifs is 8. The lowest BCUT2D eigenvalue weighted by atomic mass is 10.1. The van der Waals surface area contributed by atoms with Gasteiger partial charge in [-0.1, -0.05) is 146 Å². The van der Waals surface area contributed by atoms with Crippen LogP contribution >= 0.6 is 0 Å². The highest BCUT2D eigenvalue weighted by molar-refractivity contribution is 6.23. The molecule has 13 aromatic rings. The fourth-order valence-electron chi connectivity index (χ4n) is 9.67. The fraction of sp³-hybridized carbons (Fsp3) is 0. The average molecular weight is 808 g/mol. The van der Waals surface area contributed by atoms with Crippen LogP contribution in [0.15, 0.2) is 233 Å². The quantitative estimate of drug-likeness (QED) is 0.161. The summed E-state index contributed by atoms with van der Waals surface area (Å²) in [5, 5.41) is 5.96. The van der Waals surface area contributed by atoms with Crippen molar-refractivity contribution in [3.8, 4) is 62.4 Å². The van der Waals surface area contributed by atoms with E-state index >= 15 is 0 Å². The van der Waals surface area contributed by atoms with Crippen molar-refractivity contribution in [2.75, 3.05) is 0 Å². The van der Waals surface area contributed by atoms with Crippen molar-refractivity contribution >= 4 is 54.6 Å². The second kappa shape index (κ2) is 14.0. The van der Waals surface area contributed by atoms with E-state index in [0.29, 0.717) is 0 Å². The SMILES string of the molecule is c1ccc(-c2ccc(-c3ccc4c5c6ccc(-c7ccc(-c8ccccc8)o7)cc6n(-c6cccc(-n7c8ccccc8c8ccccc87)c6)c5n(-c5ccccc5)c4c3)o2)cc1. The van der Waals surface area contributed by atoms with Crippen molar-refractivity contribution in [2.24, 2.45) is 0 Å². The molecule has 8 aromatic carbocycles. The van der Waals surface area contributed by atoms with E-state index in [-0.39, 0.29) is 0 Å². The Bertz CT molecular complexity index is 3790. The first kappa shape index (κ1) is 35.2. The molecular weight excluding hydrogens is 771 g/mol. The molecule has 0 aliphatic heterocycles. The number of para-hydroxylation sites is 3. The molecule has 0 unspecified atom stereocenters. The Morgan fingerprint density at radius 3 is 1.19 bits per heavy atom. The van der Waals surface area contributed by atoms with E-state index in [1.54, 1.807) is 0 Å². The zero-order valence-corrected chi connectivity index (χ0v) is 34.0. The van der Waals surface area contributed by atoms with Gasteiger partial charge in [0.15, 0.2) is 0 Å². The second-order valence-corrected chi connectivity index (χ2v) is 16.1. The summed E-state index contributed by atoms with van der Waals surface area (Å²) < 4.78 is 20.4. The largest absolute Gasteiger partial charge is 0.456 e. The molecule has 0 saturated carbocycles. The Morgan fingerprint density at radius 1 is 0.254 bits per heavy atom. The van der Waals surface area contributed by atoms with Gasteiger partial charge in [0.05, 0.1) is 22.1 Å². The van der Waals surface area contributed by atoms with E-state index in [0.717, 1.165) is 89.8 Å². The van der Waals surface area contributed by atoms with Gasteiger partial charge < -0.3 is 13.4 Å². The molecule has 0 bridgehead atoms. The molecule has 296 valence electrons. The van der Waals surface area contributed by atoms with E-state index in [1.165, 1.54) is 27.2 Å². The maximum atomic E-state index is 6.58. The van der Waals surface area contributed by atoms with Gasteiger partial charge in [-0.3, -0.25) is 9.13 Å². The van der Waals surface area contributed by atoms with Crippen LogP contribution in [0.5, 0.6) is 0 Å². The van der Waals surface area contributed by atoms with Crippen LogP contribution in [0.3, 0.4) is 0 Å². The van der Waals surface area contributed by atoms with Crippen molar-refractivity contribution in [1.82, 2.24) is 13.7 Å². The molecule has 13 rings (SSSR count). The van der Waals surface area contributed by atoms with Gasteiger partial charge in [-0.25, -0.2) is 0 Å². The standard InChI is InChI=1S/C58H37N3O2/c1-4-15-38(16-5-1)53-31-33-55(62-53)40-27-29-47-51(35-40)60(42-19-8-3-9-20-42)58-57(47)48-30-28-41(56-34-32-54(63-56)39-17-6-2-7-18-39)36-52(48)61(58)44-22-14-21-43(37-44)59-49-25-12-10-23-45(49)46-24-11-13-26-50(46)59/h1-37H. The third-order valence-corrected chi connectivity index (χ3v) is 12.5. The van der Waals surface area contributed by atoms with Crippen molar-refractivity contribution in [3.05, 3.63) is 224 Å². The van der Waals surface area contributed by atoms with Crippen LogP contribution in [0, 0.1) is 0 Å². The summed E-state index contributed by atoms with van der Waals surface area (Å²) in [7, 11) is 0. The molecule has 5 aromatic heterocycles. The highest BCUT2D eigenvalue weighted by atomic mass is 16.3. The Morgan fingerprint density at radius 2 is 0.667 bits per heavy atom. The average Bonchev–Trinajstić information content (AvgIpc) is 4.20. The number of benzene rings is 8. The molecule has 0 fully saturated rings. The van der Waals surface area contributed by atoms with Gasteiger partial charge in [-0.05, 0) is 78.9 Å². The first-order valence-electron chi connectivity index (χ1n) is 21.3. The number of hydrogen-bond donors (Lipinski definition) is 0.